The summed E-state index contributed by atoms with van der Waals surface area (Å²) in [6.07, 6.45) is 0.923. The second kappa shape index (κ2) is 5.04. The van der Waals surface area contributed by atoms with E-state index < -0.39 is 22.6 Å². The molecule has 74 valence electrons. The van der Waals surface area contributed by atoms with E-state index in [1.807, 2.05) is 12.1 Å². The predicted octanol–water partition coefficient (Wildman–Crippen LogP) is 2.88. The van der Waals surface area contributed by atoms with Gasteiger partial charge < -0.3 is 0 Å². The average molecular weight is 206 g/mol. The lowest BCUT2D eigenvalue weighted by Gasteiger charge is -2.22. The number of hydrogen-bond donors (Lipinski definition) is 0. The third-order valence-corrected chi connectivity index (χ3v) is 2.78. The largest absolute Gasteiger partial charge is 0.198 e. The quantitative estimate of drug-likeness (QED) is 0.710. The van der Waals surface area contributed by atoms with Crippen molar-refractivity contribution in [2.75, 3.05) is 12.0 Å². The van der Waals surface area contributed by atoms with E-state index in [0.29, 0.717) is 0 Å². The number of rotatable bonds is 4. The van der Waals surface area contributed by atoms with Gasteiger partial charge in [-0.05, 0) is 12.8 Å². The Morgan fingerprint density at radius 3 is 2.23 bits per heavy atom. The van der Waals surface area contributed by atoms with Gasteiger partial charge in [-0.2, -0.15) is 18.3 Å². The van der Waals surface area contributed by atoms with E-state index in [4.69, 9.17) is 10.5 Å². The summed E-state index contributed by atoms with van der Waals surface area (Å²) in [5.74, 6) is -1.28. The average Bonchev–Trinajstić information content (AvgIpc) is 2.00. The summed E-state index contributed by atoms with van der Waals surface area (Å²) in [6.45, 7) is 1.58. The van der Waals surface area contributed by atoms with Crippen LogP contribution in [0, 0.1) is 34.5 Å². The molecule has 0 aromatic rings. The van der Waals surface area contributed by atoms with Gasteiger partial charge in [0.1, 0.15) is 0 Å². The lowest BCUT2D eigenvalue weighted by molar-refractivity contribution is 0.476. The highest BCUT2D eigenvalue weighted by Crippen LogP contribution is 2.50. The molecule has 0 amide bonds. The fourth-order valence-electron chi connectivity index (χ4n) is 0.979. The molecule has 13 heavy (non-hydrogen) atoms. The van der Waals surface area contributed by atoms with Crippen molar-refractivity contribution < 1.29 is 7.77 Å². The second-order valence-electron chi connectivity index (χ2n) is 3.08. The van der Waals surface area contributed by atoms with Crippen LogP contribution in [0.25, 0.3) is 0 Å². The van der Waals surface area contributed by atoms with Crippen molar-refractivity contribution in [3.63, 3.8) is 0 Å². The molecule has 0 rings (SSSR count). The number of hydrogen-bond acceptors (Lipinski definition) is 2. The van der Waals surface area contributed by atoms with E-state index in [2.05, 4.69) is 0 Å². The predicted molar refractivity (Wildman–Crippen MR) is 49.1 cm³/mol. The summed E-state index contributed by atoms with van der Waals surface area (Å²) in [7, 11) is -3.60. The van der Waals surface area contributed by atoms with Crippen molar-refractivity contribution >= 4 is 10.8 Å². The van der Waals surface area contributed by atoms with Crippen molar-refractivity contribution in [1.29, 1.82) is 10.5 Å². The molecule has 0 N–H and O–H groups in total. The molecule has 0 aliphatic heterocycles. The molecule has 5 heteroatoms. The summed E-state index contributed by atoms with van der Waals surface area (Å²) in [6, 6.07) is 3.74. The summed E-state index contributed by atoms with van der Waals surface area (Å²) < 4.78 is 25.3. The molecule has 0 radical (unpaired) electrons. The molecule has 0 spiro atoms. The van der Waals surface area contributed by atoms with Crippen LogP contribution in [0.3, 0.4) is 0 Å². The monoisotopic (exact) mass is 206 g/mol. The van der Waals surface area contributed by atoms with Crippen LogP contribution in [-0.2, 0) is 0 Å². The smallest absolute Gasteiger partial charge is 0.0656 e. The van der Waals surface area contributed by atoms with Crippen LogP contribution in [-0.4, -0.2) is 12.0 Å². The van der Waals surface area contributed by atoms with Gasteiger partial charge in [-0.25, -0.2) is 0 Å². The highest BCUT2D eigenvalue weighted by atomic mass is 32.3. The zero-order chi connectivity index (χ0) is 10.5. The fraction of sp³-hybridized carbons (Fsp3) is 0.750. The van der Waals surface area contributed by atoms with Gasteiger partial charge in [-0.1, -0.05) is 0 Å². The van der Waals surface area contributed by atoms with E-state index in [1.54, 1.807) is 6.92 Å². The van der Waals surface area contributed by atoms with Gasteiger partial charge in [0.05, 0.1) is 22.9 Å². The first-order chi connectivity index (χ1) is 5.90. The fourth-order valence-corrected chi connectivity index (χ4v) is 2.14. The van der Waals surface area contributed by atoms with Crippen molar-refractivity contribution in [3.05, 3.63) is 0 Å². The number of nitriles is 2. The lowest BCUT2D eigenvalue weighted by atomic mass is 9.95. The molecule has 0 saturated carbocycles. The zero-order valence-corrected chi connectivity index (χ0v) is 8.44. The minimum atomic E-state index is -3.60. The van der Waals surface area contributed by atoms with Gasteiger partial charge in [0.2, 0.25) is 0 Å². The maximum absolute atomic E-state index is 12.7. The molecule has 0 bridgehead atoms. The van der Waals surface area contributed by atoms with E-state index in [-0.39, 0.29) is 12.2 Å². The van der Waals surface area contributed by atoms with Crippen molar-refractivity contribution in [1.82, 2.24) is 0 Å². The van der Waals surface area contributed by atoms with Gasteiger partial charge in [-0.15, -0.1) is 0 Å². The Morgan fingerprint density at radius 1 is 1.38 bits per heavy atom. The lowest BCUT2D eigenvalue weighted by Crippen LogP contribution is -2.15. The van der Waals surface area contributed by atoms with Gasteiger partial charge in [0.25, 0.3) is 0 Å². The van der Waals surface area contributed by atoms with Gasteiger partial charge in [-0.3, -0.25) is 0 Å². The van der Waals surface area contributed by atoms with Gasteiger partial charge >= 0.3 is 0 Å². The zero-order valence-electron chi connectivity index (χ0n) is 7.63. The normalized spacial score (nSPS) is 16.8. The van der Waals surface area contributed by atoms with Crippen molar-refractivity contribution in [2.24, 2.45) is 11.8 Å². The first-order valence-electron chi connectivity index (χ1n) is 3.82. The highest BCUT2D eigenvalue weighted by Gasteiger charge is 2.26. The van der Waals surface area contributed by atoms with Crippen molar-refractivity contribution in [2.45, 2.75) is 13.3 Å². The Kier molecular flexibility index (Phi) is 4.72. The van der Waals surface area contributed by atoms with Crippen LogP contribution in [0.1, 0.15) is 13.3 Å². The first kappa shape index (κ1) is 12.2. The molecule has 0 aromatic heterocycles. The highest BCUT2D eigenvalue weighted by molar-refractivity contribution is 8.24. The van der Waals surface area contributed by atoms with Crippen LogP contribution in [0.15, 0.2) is 0 Å². The molecule has 0 fully saturated rings. The van der Waals surface area contributed by atoms with Crippen LogP contribution >= 0.6 is 10.8 Å². The summed E-state index contributed by atoms with van der Waals surface area (Å²) >= 11 is 0. The standard InChI is InChI=1S/C8H12F2N2S/c1-7(5-12)8(3-4-11)6-13(2,9)10/h7-8H,3,6H2,1-2H3. The molecule has 2 atom stereocenters. The van der Waals surface area contributed by atoms with Gasteiger partial charge in [0.15, 0.2) is 0 Å². The third-order valence-electron chi connectivity index (χ3n) is 1.77. The molecule has 0 aliphatic carbocycles. The summed E-state index contributed by atoms with van der Waals surface area (Å²) in [5.41, 5.74) is 0. The minimum Gasteiger partial charge on any atom is -0.198 e. The molecule has 2 nitrogen and oxygen atoms in total. The van der Waals surface area contributed by atoms with Crippen LogP contribution in [0.2, 0.25) is 0 Å². The molecular formula is C8H12F2N2S. The van der Waals surface area contributed by atoms with E-state index in [1.165, 1.54) is 0 Å². The Labute approximate surface area is 79.1 Å². The second-order valence-corrected chi connectivity index (χ2v) is 5.16. The van der Waals surface area contributed by atoms with Gasteiger partial charge in [0, 0.05) is 24.3 Å². The Morgan fingerprint density at radius 2 is 1.92 bits per heavy atom. The van der Waals surface area contributed by atoms with Crippen LogP contribution in [0.5, 0.6) is 0 Å². The van der Waals surface area contributed by atoms with Crippen LogP contribution in [0.4, 0.5) is 7.77 Å². The Hall–Kier alpha value is -0.810. The van der Waals surface area contributed by atoms with E-state index in [9.17, 15) is 7.77 Å². The van der Waals surface area contributed by atoms with Crippen LogP contribution < -0.4 is 0 Å². The van der Waals surface area contributed by atoms with E-state index >= 15 is 0 Å². The summed E-state index contributed by atoms with van der Waals surface area (Å²) in [5, 5.41) is 16.9. The van der Waals surface area contributed by atoms with Crippen molar-refractivity contribution in [3.8, 4) is 12.1 Å². The van der Waals surface area contributed by atoms with E-state index in [0.717, 1.165) is 6.26 Å². The minimum absolute atomic E-state index is 0.0329. The topological polar surface area (TPSA) is 47.6 Å². The summed E-state index contributed by atoms with van der Waals surface area (Å²) in [4.78, 5) is 0. The maximum atomic E-state index is 12.7. The number of nitrogens with zero attached hydrogens (tertiary/aromatic N) is 2. The third kappa shape index (κ3) is 5.43. The SMILES string of the molecule is CC(C#N)C(CC#N)CS(C)(F)F. The molecule has 0 saturated heterocycles. The number of halogens is 2. The molecule has 0 aliphatic rings. The maximum Gasteiger partial charge on any atom is 0.0656 e. The molecule has 0 heterocycles. The molecule has 2 unspecified atom stereocenters. The first-order valence-corrected chi connectivity index (χ1v) is 5.83. The molecular weight excluding hydrogens is 194 g/mol. The Bertz CT molecular complexity index is 236. The molecule has 0 aromatic carbocycles. The Balaban J connectivity index is 4.30.